The molecule has 0 atom stereocenters. The van der Waals surface area contributed by atoms with Crippen LogP contribution in [0.15, 0.2) is 5.29 Å². The van der Waals surface area contributed by atoms with Crippen LogP contribution in [0.5, 0.6) is 0 Å². The minimum atomic E-state index is -0.860. The summed E-state index contributed by atoms with van der Waals surface area (Å²) >= 11 is 10.2. The normalized spacial score (nSPS) is 8.70. The molecule has 0 saturated heterocycles. The number of carbonyl (C=O) groups is 1. The second-order valence-corrected chi connectivity index (χ2v) is 2.03. The summed E-state index contributed by atoms with van der Waals surface area (Å²) in [7, 11) is 0. The molecule has 0 saturated carbocycles. The van der Waals surface area contributed by atoms with Gasteiger partial charge in [-0.15, -0.1) is 4.91 Å². The maximum absolute atomic E-state index is 10.6. The number of hydrogen-bond acceptors (Lipinski definition) is 3. The number of rotatable bonds is 2. The van der Waals surface area contributed by atoms with Crippen LogP contribution in [0.4, 0.5) is 4.79 Å². The van der Waals surface area contributed by atoms with Crippen molar-refractivity contribution in [2.24, 2.45) is 5.29 Å². The van der Waals surface area contributed by atoms with Gasteiger partial charge < -0.3 is 0 Å². The molecule has 7 heteroatoms. The van der Waals surface area contributed by atoms with Crippen LogP contribution in [0.25, 0.3) is 0 Å². The number of hydrogen-bond donors (Lipinski definition) is 0. The van der Waals surface area contributed by atoms with Crippen LogP contribution in [-0.4, -0.2) is 21.5 Å². The summed E-state index contributed by atoms with van der Waals surface area (Å²) in [6, 6.07) is -0.860. The molecule has 0 radical (unpaired) electrons. The second-order valence-electron chi connectivity index (χ2n) is 1.30. The summed E-state index contributed by atoms with van der Waals surface area (Å²) in [5.74, 6) is 0. The van der Waals surface area contributed by atoms with E-state index in [1.54, 1.807) is 6.92 Å². The zero-order valence-electron chi connectivity index (χ0n) is 5.12. The summed E-state index contributed by atoms with van der Waals surface area (Å²) in [6.07, 6.45) is 0. The van der Waals surface area contributed by atoms with E-state index >= 15 is 0 Å². The fraction of sp³-hybridized carbons (Fsp3) is 0.667. The predicted octanol–water partition coefficient (Wildman–Crippen LogP) is 1.72. The van der Waals surface area contributed by atoms with Gasteiger partial charge in [-0.3, -0.25) is 0 Å². The third-order valence-electron chi connectivity index (χ3n) is 0.715. The van der Waals surface area contributed by atoms with Crippen LogP contribution >= 0.6 is 23.6 Å². The minimum absolute atomic E-state index is 0.0938. The van der Waals surface area contributed by atoms with Gasteiger partial charge in [-0.25, -0.2) is 9.21 Å². The van der Waals surface area contributed by atoms with Crippen LogP contribution in [0.3, 0.4) is 0 Å². The summed E-state index contributed by atoms with van der Waals surface area (Å²) in [6.45, 7) is 1.87. The molecule has 0 N–H and O–H groups in total. The first-order valence-electron chi connectivity index (χ1n) is 2.40. The quantitative estimate of drug-likeness (QED) is 0.374. The van der Waals surface area contributed by atoms with E-state index in [0.717, 1.165) is 4.42 Å². The molecule has 10 heavy (non-hydrogen) atoms. The number of nitroso groups, excluding NO2 is 1. The van der Waals surface area contributed by atoms with Crippen molar-refractivity contribution in [1.29, 1.82) is 0 Å². The Balaban J connectivity index is 3.93. The molecule has 0 aliphatic heterocycles. The first-order chi connectivity index (χ1) is 4.63. The SMILES string of the molecule is CCN(Cl)C(=O)N(Cl)N=O. The van der Waals surface area contributed by atoms with E-state index in [-0.39, 0.29) is 11.1 Å². The highest BCUT2D eigenvalue weighted by atomic mass is 35.5. The molecule has 0 aromatic heterocycles. The van der Waals surface area contributed by atoms with Gasteiger partial charge in [0.2, 0.25) is 0 Å². The van der Waals surface area contributed by atoms with Crippen LogP contribution in [0.2, 0.25) is 0 Å². The molecular formula is C3H5Cl2N3O2. The highest BCUT2D eigenvalue weighted by molar-refractivity contribution is 6.27. The van der Waals surface area contributed by atoms with E-state index in [1.807, 2.05) is 0 Å². The van der Waals surface area contributed by atoms with Crippen LogP contribution < -0.4 is 0 Å². The van der Waals surface area contributed by atoms with E-state index in [0.29, 0.717) is 0 Å². The van der Waals surface area contributed by atoms with Gasteiger partial charge in [0.05, 0.1) is 5.29 Å². The van der Waals surface area contributed by atoms with E-state index in [2.05, 4.69) is 5.29 Å². The van der Waals surface area contributed by atoms with E-state index < -0.39 is 6.03 Å². The zero-order valence-corrected chi connectivity index (χ0v) is 6.63. The standard InChI is InChI=1S/C3H5Cl2N3O2/c1-2-7(4)3(9)8(5)6-10/h2H2,1H3. The van der Waals surface area contributed by atoms with Crippen molar-refractivity contribution in [3.05, 3.63) is 4.91 Å². The average molecular weight is 186 g/mol. The summed E-state index contributed by atoms with van der Waals surface area (Å²) in [5.41, 5.74) is 0. The van der Waals surface area contributed by atoms with Crippen molar-refractivity contribution < 1.29 is 4.79 Å². The van der Waals surface area contributed by atoms with Gasteiger partial charge in [0.1, 0.15) is 0 Å². The van der Waals surface area contributed by atoms with Gasteiger partial charge in [0.25, 0.3) is 0 Å². The lowest BCUT2D eigenvalue weighted by Crippen LogP contribution is -2.28. The molecule has 0 aromatic rings. The van der Waals surface area contributed by atoms with Crippen molar-refractivity contribution in [3.8, 4) is 0 Å². The first kappa shape index (κ1) is 9.45. The van der Waals surface area contributed by atoms with Gasteiger partial charge in [-0.05, 0) is 6.92 Å². The molecule has 0 aromatic carbocycles. The highest BCUT2D eigenvalue weighted by Gasteiger charge is 2.16. The van der Waals surface area contributed by atoms with E-state index in [1.165, 1.54) is 0 Å². The average Bonchev–Trinajstić information content (AvgIpc) is 2.00. The largest absolute Gasteiger partial charge is 0.373 e. The molecule has 5 nitrogen and oxygen atoms in total. The lowest BCUT2D eigenvalue weighted by Gasteiger charge is -2.11. The van der Waals surface area contributed by atoms with Crippen molar-refractivity contribution in [1.82, 2.24) is 8.95 Å². The maximum atomic E-state index is 10.6. The number of carbonyl (C=O) groups excluding carboxylic acids is 1. The summed E-state index contributed by atoms with van der Waals surface area (Å²) in [5, 5.41) is 2.13. The number of amides is 2. The Kier molecular flexibility index (Phi) is 4.06. The Labute approximate surface area is 67.6 Å². The molecule has 0 heterocycles. The lowest BCUT2D eigenvalue weighted by molar-refractivity contribution is 0.208. The van der Waals surface area contributed by atoms with Crippen molar-refractivity contribution >= 4 is 29.6 Å². The van der Waals surface area contributed by atoms with Gasteiger partial charge in [0, 0.05) is 30.1 Å². The predicted molar refractivity (Wildman–Crippen MR) is 37.1 cm³/mol. The Bertz CT molecular complexity index is 142. The molecular weight excluding hydrogens is 181 g/mol. The number of nitrogens with zero attached hydrogens (tertiary/aromatic N) is 3. The highest BCUT2D eigenvalue weighted by Crippen LogP contribution is 2.04. The number of urea groups is 1. The van der Waals surface area contributed by atoms with Crippen molar-refractivity contribution in [2.45, 2.75) is 6.92 Å². The van der Waals surface area contributed by atoms with Crippen LogP contribution in [0.1, 0.15) is 6.92 Å². The maximum Gasteiger partial charge on any atom is 0.373 e. The molecule has 0 unspecified atom stereocenters. The third kappa shape index (κ3) is 2.36. The van der Waals surface area contributed by atoms with Crippen molar-refractivity contribution in [2.75, 3.05) is 6.54 Å². The van der Waals surface area contributed by atoms with Gasteiger partial charge >= 0.3 is 6.03 Å². The molecule has 0 fully saturated rings. The first-order valence-corrected chi connectivity index (χ1v) is 3.07. The molecule has 0 aliphatic carbocycles. The summed E-state index contributed by atoms with van der Waals surface area (Å²) < 4.78 is 0.824. The summed E-state index contributed by atoms with van der Waals surface area (Å²) in [4.78, 5) is 20.2. The fourth-order valence-electron chi connectivity index (χ4n) is 0.260. The molecule has 0 aliphatic rings. The molecule has 0 rings (SSSR count). The molecule has 0 bridgehead atoms. The molecule has 58 valence electrons. The van der Waals surface area contributed by atoms with E-state index in [4.69, 9.17) is 23.6 Å². The Hall–Kier alpha value is -0.550. The monoisotopic (exact) mass is 185 g/mol. The Morgan fingerprint density at radius 3 is 2.40 bits per heavy atom. The fourth-order valence-corrected chi connectivity index (χ4v) is 0.461. The van der Waals surface area contributed by atoms with Crippen LogP contribution in [-0.2, 0) is 0 Å². The Morgan fingerprint density at radius 2 is 2.10 bits per heavy atom. The van der Waals surface area contributed by atoms with Gasteiger partial charge in [-0.2, -0.15) is 0 Å². The van der Waals surface area contributed by atoms with Gasteiger partial charge in [0.15, 0.2) is 0 Å². The van der Waals surface area contributed by atoms with Crippen molar-refractivity contribution in [3.63, 3.8) is 0 Å². The van der Waals surface area contributed by atoms with Crippen LogP contribution in [0, 0.1) is 4.91 Å². The lowest BCUT2D eigenvalue weighted by atomic mass is 10.7. The zero-order chi connectivity index (χ0) is 8.15. The third-order valence-corrected chi connectivity index (χ3v) is 1.30. The molecule has 2 amide bonds. The second kappa shape index (κ2) is 4.29. The smallest absolute Gasteiger partial charge is 0.243 e. The van der Waals surface area contributed by atoms with Gasteiger partial charge in [-0.1, -0.05) is 4.53 Å². The topological polar surface area (TPSA) is 53.0 Å². The number of halogens is 2. The minimum Gasteiger partial charge on any atom is -0.243 e. The van der Waals surface area contributed by atoms with E-state index in [9.17, 15) is 9.70 Å². The molecule has 0 spiro atoms. The Morgan fingerprint density at radius 1 is 1.60 bits per heavy atom.